The van der Waals surface area contributed by atoms with E-state index in [0.29, 0.717) is 19.1 Å². The number of carboxylic acids is 1. The van der Waals surface area contributed by atoms with Crippen molar-refractivity contribution in [3.63, 3.8) is 0 Å². The molecule has 1 aliphatic carbocycles. The Hall–Kier alpha value is -1.69. The summed E-state index contributed by atoms with van der Waals surface area (Å²) in [7, 11) is 1.65. The van der Waals surface area contributed by atoms with Gasteiger partial charge in [0.1, 0.15) is 11.6 Å². The lowest BCUT2D eigenvalue weighted by molar-refractivity contribution is -0.141. The topological polar surface area (TPSA) is 75.5 Å². The summed E-state index contributed by atoms with van der Waals surface area (Å²) in [6.45, 7) is 1.85. The Bertz CT molecular complexity index is 531. The van der Waals surface area contributed by atoms with Crippen LogP contribution in [0.4, 0.5) is 5.82 Å². The van der Waals surface area contributed by atoms with E-state index in [-0.39, 0.29) is 5.92 Å². The molecular formula is C15H21N3O3. The highest BCUT2D eigenvalue weighted by Crippen LogP contribution is 2.39. The lowest BCUT2D eigenvalue weighted by Crippen LogP contribution is -2.39. The number of methoxy groups -OCH3 is 1. The number of aromatic nitrogens is 2. The number of aliphatic carboxylic acids is 1. The summed E-state index contributed by atoms with van der Waals surface area (Å²) in [6, 6.07) is 1.93. The van der Waals surface area contributed by atoms with E-state index >= 15 is 0 Å². The highest BCUT2D eigenvalue weighted by atomic mass is 16.5. The number of hydrogen-bond acceptors (Lipinski definition) is 5. The second kappa shape index (κ2) is 5.97. The quantitative estimate of drug-likeness (QED) is 0.891. The second-order valence-corrected chi connectivity index (χ2v) is 5.91. The van der Waals surface area contributed by atoms with Gasteiger partial charge in [0.05, 0.1) is 18.2 Å². The maximum absolute atomic E-state index is 11.2. The first-order chi connectivity index (χ1) is 10.2. The number of hydrogen-bond donors (Lipinski definition) is 1. The minimum Gasteiger partial charge on any atom is -0.481 e. The van der Waals surface area contributed by atoms with Crippen molar-refractivity contribution < 1.29 is 14.6 Å². The summed E-state index contributed by atoms with van der Waals surface area (Å²) in [5.41, 5.74) is 0.877. The normalized spacial score (nSPS) is 22.3. The number of piperidine rings is 1. The standard InChI is InChI=1S/C15H21N3O3/c1-21-9-12-7-13(17-14(16-12)10-4-5-10)18-6-2-3-11(8-18)15(19)20/h7,10-11H,2-6,8-9H2,1H3,(H,19,20). The van der Waals surface area contributed by atoms with Crippen molar-refractivity contribution >= 4 is 11.8 Å². The Morgan fingerprint density at radius 2 is 2.24 bits per heavy atom. The molecule has 2 heterocycles. The molecule has 1 aromatic rings. The zero-order chi connectivity index (χ0) is 14.8. The van der Waals surface area contributed by atoms with Gasteiger partial charge in [-0.05, 0) is 25.7 Å². The van der Waals surface area contributed by atoms with Gasteiger partial charge in [0.15, 0.2) is 0 Å². The van der Waals surface area contributed by atoms with Crippen LogP contribution in [0.25, 0.3) is 0 Å². The first-order valence-corrected chi connectivity index (χ1v) is 7.52. The van der Waals surface area contributed by atoms with Gasteiger partial charge in [-0.1, -0.05) is 0 Å². The number of carboxylic acid groups (broad SMARTS) is 1. The van der Waals surface area contributed by atoms with Gasteiger partial charge in [-0.25, -0.2) is 9.97 Å². The summed E-state index contributed by atoms with van der Waals surface area (Å²) in [5, 5.41) is 9.22. The van der Waals surface area contributed by atoms with Gasteiger partial charge in [0, 0.05) is 32.2 Å². The molecule has 0 amide bonds. The monoisotopic (exact) mass is 291 g/mol. The summed E-state index contributed by atoms with van der Waals surface area (Å²) in [6.07, 6.45) is 3.93. The molecule has 1 aliphatic heterocycles. The van der Waals surface area contributed by atoms with Gasteiger partial charge in [-0.2, -0.15) is 0 Å². The molecule has 3 rings (SSSR count). The highest BCUT2D eigenvalue weighted by molar-refractivity contribution is 5.71. The lowest BCUT2D eigenvalue weighted by Gasteiger charge is -2.32. The molecule has 1 unspecified atom stereocenters. The molecule has 1 N–H and O–H groups in total. The number of rotatable bonds is 5. The van der Waals surface area contributed by atoms with Gasteiger partial charge in [-0.3, -0.25) is 4.79 Å². The van der Waals surface area contributed by atoms with Crippen molar-refractivity contribution in [2.75, 3.05) is 25.1 Å². The summed E-state index contributed by atoms with van der Waals surface area (Å²) >= 11 is 0. The van der Waals surface area contributed by atoms with Crippen LogP contribution in [0.2, 0.25) is 0 Å². The molecule has 6 nitrogen and oxygen atoms in total. The van der Waals surface area contributed by atoms with E-state index in [2.05, 4.69) is 14.9 Å². The Morgan fingerprint density at radius 1 is 1.43 bits per heavy atom. The van der Waals surface area contributed by atoms with E-state index in [1.165, 1.54) is 0 Å². The van der Waals surface area contributed by atoms with Crippen LogP contribution in [0, 0.1) is 5.92 Å². The fourth-order valence-electron chi connectivity index (χ4n) is 2.80. The molecule has 1 atom stereocenters. The van der Waals surface area contributed by atoms with Crippen molar-refractivity contribution in [3.05, 3.63) is 17.6 Å². The molecule has 0 aromatic carbocycles. The van der Waals surface area contributed by atoms with Gasteiger partial charge in [0.25, 0.3) is 0 Å². The predicted molar refractivity (Wildman–Crippen MR) is 77.3 cm³/mol. The fourth-order valence-corrected chi connectivity index (χ4v) is 2.80. The molecular weight excluding hydrogens is 270 g/mol. The Morgan fingerprint density at radius 3 is 2.90 bits per heavy atom. The first kappa shape index (κ1) is 14.3. The molecule has 114 valence electrons. The maximum Gasteiger partial charge on any atom is 0.308 e. The van der Waals surface area contributed by atoms with E-state index in [9.17, 15) is 9.90 Å². The number of carbonyl (C=O) groups is 1. The summed E-state index contributed by atoms with van der Waals surface area (Å²) in [4.78, 5) is 22.5. The minimum absolute atomic E-state index is 0.302. The van der Waals surface area contributed by atoms with Gasteiger partial charge < -0.3 is 14.7 Å². The Labute approximate surface area is 124 Å². The SMILES string of the molecule is COCc1cc(N2CCCC(C(=O)O)C2)nc(C2CC2)n1. The third-order valence-corrected chi connectivity index (χ3v) is 4.11. The maximum atomic E-state index is 11.2. The second-order valence-electron chi connectivity index (χ2n) is 5.91. The largest absolute Gasteiger partial charge is 0.481 e. The van der Waals surface area contributed by atoms with Gasteiger partial charge in [-0.15, -0.1) is 0 Å². The zero-order valence-electron chi connectivity index (χ0n) is 12.3. The van der Waals surface area contributed by atoms with Crippen LogP contribution in [-0.4, -0.2) is 41.2 Å². The van der Waals surface area contributed by atoms with Crippen LogP contribution < -0.4 is 4.90 Å². The Kier molecular flexibility index (Phi) is 4.05. The highest BCUT2D eigenvalue weighted by Gasteiger charge is 2.30. The van der Waals surface area contributed by atoms with Crippen molar-refractivity contribution in [3.8, 4) is 0 Å². The first-order valence-electron chi connectivity index (χ1n) is 7.52. The van der Waals surface area contributed by atoms with Crippen molar-refractivity contribution in [2.24, 2.45) is 5.92 Å². The smallest absolute Gasteiger partial charge is 0.308 e. The van der Waals surface area contributed by atoms with Crippen LogP contribution in [-0.2, 0) is 16.1 Å². The van der Waals surface area contributed by atoms with Crippen LogP contribution in [0.15, 0.2) is 6.07 Å². The average molecular weight is 291 g/mol. The van der Waals surface area contributed by atoms with Gasteiger partial charge >= 0.3 is 5.97 Å². The number of anilines is 1. The van der Waals surface area contributed by atoms with Crippen LogP contribution in [0.1, 0.15) is 43.1 Å². The number of ether oxygens (including phenoxy) is 1. The van der Waals surface area contributed by atoms with E-state index in [1.54, 1.807) is 7.11 Å². The summed E-state index contributed by atoms with van der Waals surface area (Å²) < 4.78 is 5.18. The van der Waals surface area contributed by atoms with Crippen molar-refractivity contribution in [1.82, 2.24) is 9.97 Å². The Balaban J connectivity index is 1.84. The molecule has 0 bridgehead atoms. The van der Waals surface area contributed by atoms with Crippen LogP contribution in [0.5, 0.6) is 0 Å². The molecule has 0 radical (unpaired) electrons. The molecule has 21 heavy (non-hydrogen) atoms. The van der Waals surface area contributed by atoms with Gasteiger partial charge in [0.2, 0.25) is 0 Å². The van der Waals surface area contributed by atoms with Crippen molar-refractivity contribution in [1.29, 1.82) is 0 Å². The van der Waals surface area contributed by atoms with E-state index in [1.807, 2.05) is 6.07 Å². The third-order valence-electron chi connectivity index (χ3n) is 4.11. The van der Waals surface area contributed by atoms with E-state index in [4.69, 9.17) is 4.74 Å². The number of nitrogens with zero attached hydrogens (tertiary/aromatic N) is 3. The third kappa shape index (κ3) is 3.32. The van der Waals surface area contributed by atoms with E-state index in [0.717, 1.165) is 49.6 Å². The fraction of sp³-hybridized carbons (Fsp3) is 0.667. The minimum atomic E-state index is -0.715. The van der Waals surface area contributed by atoms with Crippen molar-refractivity contribution in [2.45, 2.75) is 38.2 Å². The molecule has 6 heteroatoms. The molecule has 1 saturated carbocycles. The predicted octanol–water partition coefficient (Wildman–Crippen LogP) is 1.80. The lowest BCUT2D eigenvalue weighted by atomic mass is 9.98. The van der Waals surface area contributed by atoms with E-state index < -0.39 is 5.97 Å². The van der Waals surface area contributed by atoms with Crippen LogP contribution in [0.3, 0.4) is 0 Å². The molecule has 1 aromatic heterocycles. The average Bonchev–Trinajstić information content (AvgIpc) is 3.32. The molecule has 2 fully saturated rings. The van der Waals surface area contributed by atoms with Crippen LogP contribution >= 0.6 is 0 Å². The molecule has 1 saturated heterocycles. The summed E-state index contributed by atoms with van der Waals surface area (Å²) in [5.74, 6) is 1.19. The molecule has 0 spiro atoms. The molecule has 2 aliphatic rings. The zero-order valence-corrected chi connectivity index (χ0v) is 12.3.